The number of aromatic amines is 1. The number of halogens is 5. The van der Waals surface area contributed by atoms with Crippen LogP contribution in [-0.4, -0.2) is 21.1 Å². The normalized spacial score (nSPS) is 11.4. The maximum absolute atomic E-state index is 6.11. The molecule has 12 heteroatoms. The van der Waals surface area contributed by atoms with Crippen LogP contribution >= 0.6 is 70.2 Å². The van der Waals surface area contributed by atoms with Crippen LogP contribution in [-0.2, 0) is 6.61 Å². The van der Waals surface area contributed by atoms with E-state index in [-0.39, 0.29) is 37.5 Å². The zero-order valence-corrected chi connectivity index (χ0v) is 17.1. The van der Waals surface area contributed by atoms with Gasteiger partial charge in [0.15, 0.2) is 5.75 Å². The SMILES string of the molecule is S=c1[nH]ncn1/N=C\c1ccc(COc2c(Cl)c(Cl)c(Cl)c(Cl)c2Cl)o1. The van der Waals surface area contributed by atoms with E-state index in [1.165, 1.54) is 17.2 Å². The molecule has 0 bridgehead atoms. The van der Waals surface area contributed by atoms with Gasteiger partial charge in [0, 0.05) is 0 Å². The smallest absolute Gasteiger partial charge is 0.216 e. The molecule has 1 N–H and O–H groups in total. The van der Waals surface area contributed by atoms with Gasteiger partial charge in [0.25, 0.3) is 0 Å². The summed E-state index contributed by atoms with van der Waals surface area (Å²) in [5.41, 5.74) is 0. The molecular formula is C14H7Cl5N4O2S. The van der Waals surface area contributed by atoms with Crippen LogP contribution in [0.1, 0.15) is 11.5 Å². The second-order valence-corrected chi connectivity index (χ2v) is 7.02. The molecule has 0 spiro atoms. The lowest BCUT2D eigenvalue weighted by atomic mass is 10.3. The summed E-state index contributed by atoms with van der Waals surface area (Å²) in [4.78, 5) is 0. The number of rotatable bonds is 5. The topological polar surface area (TPSA) is 68.3 Å². The van der Waals surface area contributed by atoms with Crippen molar-refractivity contribution in [2.75, 3.05) is 0 Å². The minimum Gasteiger partial charge on any atom is -0.482 e. The number of hydrogen-bond acceptors (Lipinski definition) is 5. The highest BCUT2D eigenvalue weighted by molar-refractivity contribution is 7.71. The molecule has 0 saturated heterocycles. The Labute approximate surface area is 177 Å². The summed E-state index contributed by atoms with van der Waals surface area (Å²) in [5, 5.41) is 10.7. The Balaban J connectivity index is 1.74. The molecule has 1 aromatic carbocycles. The van der Waals surface area contributed by atoms with Crippen molar-refractivity contribution in [3.63, 3.8) is 0 Å². The maximum atomic E-state index is 6.11. The summed E-state index contributed by atoms with van der Waals surface area (Å²) in [6, 6.07) is 3.41. The Hall–Kier alpha value is -1.22. The first-order valence-electron chi connectivity index (χ1n) is 6.77. The molecule has 0 saturated carbocycles. The summed E-state index contributed by atoms with van der Waals surface area (Å²) in [5.74, 6) is 1.09. The zero-order chi connectivity index (χ0) is 18.8. The molecule has 0 aliphatic carbocycles. The monoisotopic (exact) mass is 470 g/mol. The molecule has 3 aromatic rings. The third-order valence-electron chi connectivity index (χ3n) is 3.06. The fourth-order valence-electron chi connectivity index (χ4n) is 1.84. The van der Waals surface area contributed by atoms with E-state index in [4.69, 9.17) is 79.4 Å². The number of ether oxygens (including phenoxy) is 1. The van der Waals surface area contributed by atoms with Gasteiger partial charge >= 0.3 is 0 Å². The summed E-state index contributed by atoms with van der Waals surface area (Å²) < 4.78 is 12.9. The maximum Gasteiger partial charge on any atom is 0.216 e. The fraction of sp³-hybridized carbons (Fsp3) is 0.0714. The van der Waals surface area contributed by atoms with Crippen molar-refractivity contribution in [2.24, 2.45) is 5.10 Å². The van der Waals surface area contributed by atoms with Gasteiger partial charge in [-0.15, -0.1) is 0 Å². The molecule has 3 rings (SSSR count). The average Bonchev–Trinajstić information content (AvgIpc) is 3.25. The molecule has 0 aliphatic rings. The molecule has 0 fully saturated rings. The van der Waals surface area contributed by atoms with Crippen molar-refractivity contribution in [1.29, 1.82) is 0 Å². The zero-order valence-electron chi connectivity index (χ0n) is 12.5. The molecule has 2 heterocycles. The van der Waals surface area contributed by atoms with Crippen LogP contribution in [0.2, 0.25) is 25.1 Å². The van der Waals surface area contributed by atoms with E-state index in [9.17, 15) is 0 Å². The van der Waals surface area contributed by atoms with Crippen molar-refractivity contribution >= 4 is 76.4 Å². The van der Waals surface area contributed by atoms with Gasteiger partial charge < -0.3 is 9.15 Å². The lowest BCUT2D eigenvalue weighted by Crippen LogP contribution is -1.96. The predicted octanol–water partition coefficient (Wildman–Crippen LogP) is 6.26. The minimum atomic E-state index is 0.0344. The largest absolute Gasteiger partial charge is 0.482 e. The summed E-state index contributed by atoms with van der Waals surface area (Å²) in [6.07, 6.45) is 2.91. The van der Waals surface area contributed by atoms with E-state index < -0.39 is 0 Å². The molecule has 6 nitrogen and oxygen atoms in total. The van der Waals surface area contributed by atoms with Gasteiger partial charge in [0.1, 0.15) is 34.5 Å². The molecule has 2 aromatic heterocycles. The van der Waals surface area contributed by atoms with Gasteiger partial charge in [-0.05, 0) is 24.4 Å². The molecule has 0 atom stereocenters. The third kappa shape index (κ3) is 4.03. The summed E-state index contributed by atoms with van der Waals surface area (Å²) in [6.45, 7) is 0.0344. The number of furan rings is 1. The van der Waals surface area contributed by atoms with Crippen molar-refractivity contribution in [3.05, 3.63) is 59.9 Å². The Morgan fingerprint density at radius 1 is 1.12 bits per heavy atom. The number of aromatic nitrogens is 3. The van der Waals surface area contributed by atoms with E-state index in [1.54, 1.807) is 12.1 Å². The first-order valence-corrected chi connectivity index (χ1v) is 9.07. The van der Waals surface area contributed by atoms with Crippen LogP contribution in [0.15, 0.2) is 28.0 Å². The van der Waals surface area contributed by atoms with Crippen LogP contribution in [0, 0.1) is 4.77 Å². The molecule has 0 radical (unpaired) electrons. The van der Waals surface area contributed by atoms with Crippen LogP contribution in [0.4, 0.5) is 0 Å². The first kappa shape index (κ1) is 19.5. The molecule has 0 unspecified atom stereocenters. The minimum absolute atomic E-state index is 0.0344. The van der Waals surface area contributed by atoms with Gasteiger partial charge in [0.05, 0.1) is 21.3 Å². The number of H-pyrrole nitrogens is 1. The van der Waals surface area contributed by atoms with Crippen LogP contribution < -0.4 is 4.74 Å². The van der Waals surface area contributed by atoms with Crippen molar-refractivity contribution < 1.29 is 9.15 Å². The molecule has 136 valence electrons. The second-order valence-electron chi connectivity index (χ2n) is 4.74. The number of hydrogen-bond donors (Lipinski definition) is 1. The fourth-order valence-corrected chi connectivity index (χ4v) is 3.22. The molecule has 26 heavy (non-hydrogen) atoms. The Kier molecular flexibility index (Phi) is 6.17. The summed E-state index contributed by atoms with van der Waals surface area (Å²) >= 11 is 35.1. The van der Waals surface area contributed by atoms with Gasteiger partial charge in [0.2, 0.25) is 4.77 Å². The Bertz CT molecular complexity index is 1010. The predicted molar refractivity (Wildman–Crippen MR) is 105 cm³/mol. The first-order chi connectivity index (χ1) is 12.4. The van der Waals surface area contributed by atoms with E-state index in [0.29, 0.717) is 16.3 Å². The number of benzene rings is 1. The third-order valence-corrected chi connectivity index (χ3v) is 5.58. The number of nitrogens with one attached hydrogen (secondary N) is 1. The lowest BCUT2D eigenvalue weighted by molar-refractivity contribution is 0.270. The quantitative estimate of drug-likeness (QED) is 0.206. The van der Waals surface area contributed by atoms with Gasteiger partial charge in [-0.3, -0.25) is 5.10 Å². The van der Waals surface area contributed by atoms with E-state index >= 15 is 0 Å². The van der Waals surface area contributed by atoms with Gasteiger partial charge in [-0.25, -0.2) is 0 Å². The van der Waals surface area contributed by atoms with Crippen LogP contribution in [0.25, 0.3) is 0 Å². The van der Waals surface area contributed by atoms with Crippen LogP contribution in [0.3, 0.4) is 0 Å². The lowest BCUT2D eigenvalue weighted by Gasteiger charge is -2.12. The highest BCUT2D eigenvalue weighted by Crippen LogP contribution is 2.48. The summed E-state index contributed by atoms with van der Waals surface area (Å²) in [7, 11) is 0. The van der Waals surface area contributed by atoms with Crippen LogP contribution in [0.5, 0.6) is 5.75 Å². The van der Waals surface area contributed by atoms with E-state index in [1.807, 2.05) is 0 Å². The Morgan fingerprint density at radius 2 is 1.77 bits per heavy atom. The number of nitrogens with zero attached hydrogens (tertiary/aromatic N) is 3. The average molecular weight is 473 g/mol. The van der Waals surface area contributed by atoms with Gasteiger partial charge in [-0.1, -0.05) is 58.0 Å². The van der Waals surface area contributed by atoms with Crippen molar-refractivity contribution in [2.45, 2.75) is 6.61 Å². The highest BCUT2D eigenvalue weighted by atomic mass is 35.5. The molecule has 0 amide bonds. The van der Waals surface area contributed by atoms with E-state index in [2.05, 4.69) is 15.3 Å². The van der Waals surface area contributed by atoms with E-state index in [0.717, 1.165) is 0 Å². The van der Waals surface area contributed by atoms with Crippen molar-refractivity contribution in [3.8, 4) is 5.75 Å². The molecule has 0 aliphatic heterocycles. The highest BCUT2D eigenvalue weighted by Gasteiger charge is 2.20. The standard InChI is InChI=1S/C14H7Cl5N4O2S/c15-8-9(16)11(18)13(12(19)10(8)17)24-4-7-2-1-6(25-7)3-21-23-5-20-22-14(23)26/h1-3,5H,4H2,(H,22,26)/b21-3-. The van der Waals surface area contributed by atoms with Gasteiger partial charge in [-0.2, -0.15) is 14.9 Å². The van der Waals surface area contributed by atoms with Crippen molar-refractivity contribution in [1.82, 2.24) is 14.9 Å². The second kappa shape index (κ2) is 8.21. The molecular weight excluding hydrogens is 466 g/mol. The Morgan fingerprint density at radius 3 is 2.38 bits per heavy atom.